The summed E-state index contributed by atoms with van der Waals surface area (Å²) in [6, 6.07) is 7.03. The first-order valence-electron chi connectivity index (χ1n) is 12.4. The second kappa shape index (κ2) is 10.0. The van der Waals surface area contributed by atoms with E-state index in [9.17, 15) is 18.0 Å². The number of piperazine rings is 1. The van der Waals surface area contributed by atoms with Crippen LogP contribution in [-0.4, -0.2) is 58.0 Å². The fraction of sp³-hybridized carbons (Fsp3) is 0.357. The van der Waals surface area contributed by atoms with E-state index in [1.54, 1.807) is 18.3 Å². The molecule has 1 aromatic heterocycles. The van der Waals surface area contributed by atoms with Gasteiger partial charge in [-0.1, -0.05) is 13.0 Å². The van der Waals surface area contributed by atoms with Crippen molar-refractivity contribution in [3.05, 3.63) is 82.7 Å². The van der Waals surface area contributed by atoms with Gasteiger partial charge in [-0.05, 0) is 67.8 Å². The molecule has 0 radical (unpaired) electrons. The van der Waals surface area contributed by atoms with Crippen LogP contribution in [0.25, 0.3) is 11.8 Å². The molecule has 2 aromatic carbocycles. The third-order valence-corrected chi connectivity index (χ3v) is 7.26. The zero-order valence-electron chi connectivity index (χ0n) is 21.0. The second-order valence-corrected chi connectivity index (χ2v) is 9.59. The molecule has 2 fully saturated rings. The third-order valence-electron chi connectivity index (χ3n) is 7.26. The van der Waals surface area contributed by atoms with Crippen molar-refractivity contribution >= 4 is 12.0 Å². The maximum absolute atomic E-state index is 14.1. The smallest absolute Gasteiger partial charge is 0.250 e. The van der Waals surface area contributed by atoms with E-state index in [0.29, 0.717) is 30.8 Å². The van der Waals surface area contributed by atoms with E-state index >= 15 is 0 Å². The van der Waals surface area contributed by atoms with E-state index in [1.165, 1.54) is 0 Å². The Balaban J connectivity index is 1.48. The Bertz CT molecular complexity index is 1350. The summed E-state index contributed by atoms with van der Waals surface area (Å²) in [7, 11) is 1.59. The van der Waals surface area contributed by atoms with Crippen molar-refractivity contribution in [2.24, 2.45) is 0 Å². The predicted molar refractivity (Wildman–Crippen MR) is 134 cm³/mol. The van der Waals surface area contributed by atoms with Gasteiger partial charge in [-0.25, -0.2) is 18.2 Å². The molecule has 6 nitrogen and oxygen atoms in total. The highest BCUT2D eigenvalue weighted by Gasteiger charge is 2.42. The van der Waals surface area contributed by atoms with Gasteiger partial charge in [0.25, 0.3) is 5.91 Å². The number of aryl methyl sites for hydroxylation is 1. The summed E-state index contributed by atoms with van der Waals surface area (Å²) in [5.41, 5.74) is 3.39. The third kappa shape index (κ3) is 4.75. The summed E-state index contributed by atoms with van der Waals surface area (Å²) in [5, 5.41) is 0. The number of likely N-dealkylation sites (N-methyl/N-ethyl adjacent to an activating group) is 1. The molecule has 9 heteroatoms. The molecular formula is C28H29F3N4O2. The molecule has 0 saturated carbocycles. The number of carbonyl (C=O) groups is 1. The topological polar surface area (TPSA) is 50.6 Å². The minimum atomic E-state index is -1.50. The van der Waals surface area contributed by atoms with E-state index < -0.39 is 23.5 Å². The lowest BCUT2D eigenvalue weighted by atomic mass is 9.88. The van der Waals surface area contributed by atoms with E-state index in [-0.39, 0.29) is 17.5 Å². The van der Waals surface area contributed by atoms with E-state index in [1.807, 2.05) is 48.9 Å². The Labute approximate surface area is 214 Å². The maximum Gasteiger partial charge on any atom is 0.250 e. The van der Waals surface area contributed by atoms with Crippen LogP contribution in [0.4, 0.5) is 13.2 Å². The van der Waals surface area contributed by atoms with Crippen LogP contribution in [-0.2, 0) is 4.79 Å². The van der Waals surface area contributed by atoms with Crippen LogP contribution in [0.1, 0.15) is 42.6 Å². The van der Waals surface area contributed by atoms with Gasteiger partial charge >= 0.3 is 0 Å². The number of ether oxygens (including phenoxy) is 1. The molecule has 3 aromatic rings. The molecule has 2 saturated heterocycles. The summed E-state index contributed by atoms with van der Waals surface area (Å²) < 4.78 is 49.4. The molecule has 2 aliphatic heterocycles. The number of piperidine rings is 1. The number of fused-ring (bicyclic) bond motifs is 1. The molecule has 5 rings (SSSR count). The van der Waals surface area contributed by atoms with Gasteiger partial charge < -0.3 is 14.2 Å². The van der Waals surface area contributed by atoms with Crippen LogP contribution in [0.2, 0.25) is 0 Å². The quantitative estimate of drug-likeness (QED) is 0.356. The Morgan fingerprint density at radius 1 is 1.14 bits per heavy atom. The van der Waals surface area contributed by atoms with Crippen LogP contribution >= 0.6 is 0 Å². The molecular weight excluding hydrogens is 481 g/mol. The SMILES string of the molecule is CCN1C[C@H]2CCC(=Cc3ccc(-n4cnc(C)c4)c(OC)c3)C(=O)N2[C@@H](c2cc(F)c(F)c(F)c2)C1. The Morgan fingerprint density at radius 2 is 1.89 bits per heavy atom. The number of nitrogens with zero attached hydrogens (tertiary/aromatic N) is 4. The highest BCUT2D eigenvalue weighted by molar-refractivity contribution is 5.99. The first kappa shape index (κ1) is 25.1. The number of hydrogen-bond donors (Lipinski definition) is 0. The normalized spacial score (nSPS) is 21.4. The molecule has 0 spiro atoms. The van der Waals surface area contributed by atoms with Gasteiger partial charge in [0, 0.05) is 30.9 Å². The number of hydrogen-bond acceptors (Lipinski definition) is 4. The van der Waals surface area contributed by atoms with Gasteiger partial charge in [-0.3, -0.25) is 9.69 Å². The molecule has 2 aliphatic rings. The molecule has 3 heterocycles. The summed E-state index contributed by atoms with van der Waals surface area (Å²) in [6.45, 7) is 5.77. The van der Waals surface area contributed by atoms with Gasteiger partial charge in [0.05, 0.1) is 30.9 Å². The van der Waals surface area contributed by atoms with Crippen LogP contribution in [0.3, 0.4) is 0 Å². The maximum atomic E-state index is 14.1. The van der Waals surface area contributed by atoms with Crippen molar-refractivity contribution in [2.75, 3.05) is 26.7 Å². The highest BCUT2D eigenvalue weighted by atomic mass is 19.2. The van der Waals surface area contributed by atoms with Gasteiger partial charge in [0.1, 0.15) is 5.75 Å². The molecule has 2 atom stereocenters. The summed E-state index contributed by atoms with van der Waals surface area (Å²) in [5.74, 6) is -3.53. The number of rotatable bonds is 5. The minimum absolute atomic E-state index is 0.0964. The average Bonchev–Trinajstić information content (AvgIpc) is 3.33. The van der Waals surface area contributed by atoms with E-state index in [4.69, 9.17) is 4.74 Å². The predicted octanol–water partition coefficient (Wildman–Crippen LogP) is 5.06. The molecule has 0 N–H and O–H groups in total. The number of benzene rings is 2. The number of amides is 1. The largest absolute Gasteiger partial charge is 0.495 e. The number of halogens is 3. The lowest BCUT2D eigenvalue weighted by molar-refractivity contribution is -0.139. The lowest BCUT2D eigenvalue weighted by Crippen LogP contribution is -2.58. The van der Waals surface area contributed by atoms with E-state index in [0.717, 1.165) is 42.0 Å². The van der Waals surface area contributed by atoms with Crippen molar-refractivity contribution < 1.29 is 22.7 Å². The molecule has 0 unspecified atom stereocenters. The fourth-order valence-electron chi connectivity index (χ4n) is 5.36. The number of methoxy groups -OCH3 is 1. The Hall–Kier alpha value is -3.59. The van der Waals surface area contributed by atoms with Crippen LogP contribution in [0.15, 0.2) is 48.4 Å². The zero-order valence-corrected chi connectivity index (χ0v) is 21.0. The summed E-state index contributed by atoms with van der Waals surface area (Å²) in [4.78, 5) is 21.9. The first-order chi connectivity index (χ1) is 17.8. The van der Waals surface area contributed by atoms with Crippen molar-refractivity contribution in [1.82, 2.24) is 19.4 Å². The molecule has 37 heavy (non-hydrogen) atoms. The molecule has 1 amide bonds. The average molecular weight is 511 g/mol. The first-order valence-corrected chi connectivity index (χ1v) is 12.4. The zero-order chi connectivity index (χ0) is 26.3. The molecule has 0 aliphatic carbocycles. The fourth-order valence-corrected chi connectivity index (χ4v) is 5.36. The van der Waals surface area contributed by atoms with Crippen molar-refractivity contribution in [1.29, 1.82) is 0 Å². The number of carbonyl (C=O) groups excluding carboxylic acids is 1. The second-order valence-electron chi connectivity index (χ2n) is 9.59. The van der Waals surface area contributed by atoms with Gasteiger partial charge in [0.2, 0.25) is 0 Å². The lowest BCUT2D eigenvalue weighted by Gasteiger charge is -2.49. The Morgan fingerprint density at radius 3 is 2.54 bits per heavy atom. The van der Waals surface area contributed by atoms with Crippen molar-refractivity contribution in [3.63, 3.8) is 0 Å². The standard InChI is InChI=1S/C28H29F3N4O2/c1-4-33-14-21-7-6-19(9-18-5-8-24(26(10-18)37-3)34-13-17(2)32-16-34)28(36)35(21)25(15-33)20-11-22(29)27(31)23(30)12-20/h5,8-13,16,21,25H,4,6-7,14-15H2,1-3H3/t21-,25-/m1/s1. The summed E-state index contributed by atoms with van der Waals surface area (Å²) >= 11 is 0. The minimum Gasteiger partial charge on any atom is -0.495 e. The van der Waals surface area contributed by atoms with Gasteiger partial charge in [-0.15, -0.1) is 0 Å². The van der Waals surface area contributed by atoms with Crippen LogP contribution in [0, 0.1) is 24.4 Å². The molecule has 194 valence electrons. The number of imidazole rings is 1. The van der Waals surface area contributed by atoms with Gasteiger partial charge in [-0.2, -0.15) is 0 Å². The van der Waals surface area contributed by atoms with Crippen molar-refractivity contribution in [3.8, 4) is 11.4 Å². The number of aromatic nitrogens is 2. The van der Waals surface area contributed by atoms with E-state index in [2.05, 4.69) is 9.88 Å². The Kier molecular flexibility index (Phi) is 6.81. The van der Waals surface area contributed by atoms with Crippen LogP contribution < -0.4 is 4.74 Å². The highest BCUT2D eigenvalue weighted by Crippen LogP contribution is 2.38. The molecule has 0 bridgehead atoms. The monoisotopic (exact) mass is 510 g/mol. The summed E-state index contributed by atoms with van der Waals surface area (Å²) in [6.07, 6.45) is 6.77. The van der Waals surface area contributed by atoms with Crippen molar-refractivity contribution in [2.45, 2.75) is 38.8 Å². The van der Waals surface area contributed by atoms with Gasteiger partial charge in [0.15, 0.2) is 17.5 Å². The van der Waals surface area contributed by atoms with Crippen LogP contribution in [0.5, 0.6) is 5.75 Å².